The average molecular weight is 179 g/mol. The molecule has 1 atom stereocenters. The van der Waals surface area contributed by atoms with Crippen molar-refractivity contribution < 1.29 is 0 Å². The van der Waals surface area contributed by atoms with Gasteiger partial charge in [0.05, 0.1) is 6.07 Å². The molecule has 0 aliphatic heterocycles. The van der Waals surface area contributed by atoms with Crippen LogP contribution in [0.1, 0.15) is 52.4 Å². The molecule has 0 bridgehead atoms. The van der Waals surface area contributed by atoms with E-state index in [-0.39, 0.29) is 0 Å². The van der Waals surface area contributed by atoms with E-state index in [2.05, 4.69) is 19.9 Å². The summed E-state index contributed by atoms with van der Waals surface area (Å²) in [6, 6.07) is 2.26. The molecule has 0 spiro atoms. The Morgan fingerprint density at radius 1 is 1.31 bits per heavy atom. The van der Waals surface area contributed by atoms with Crippen LogP contribution in [0.15, 0.2) is 0 Å². The maximum absolute atomic E-state index is 8.54. The summed E-state index contributed by atoms with van der Waals surface area (Å²) in [6.07, 6.45) is 7.54. The minimum Gasteiger partial charge on any atom is -0.198 e. The van der Waals surface area contributed by atoms with Crippen LogP contribution >= 0.6 is 0 Å². The zero-order chi connectivity index (χ0) is 9.68. The molecule has 0 aromatic heterocycles. The van der Waals surface area contributed by atoms with Gasteiger partial charge in [0.25, 0.3) is 0 Å². The number of hydrogen-bond acceptors (Lipinski definition) is 1. The predicted molar refractivity (Wildman–Crippen MR) is 55.1 cm³/mol. The summed E-state index contributed by atoms with van der Waals surface area (Å²) >= 11 is 0. The van der Waals surface area contributed by atoms with Crippen LogP contribution in [0.25, 0.3) is 0 Å². The Balaban J connectivity index is 2.16. The van der Waals surface area contributed by atoms with Gasteiger partial charge in [0, 0.05) is 6.42 Å². The molecule has 0 N–H and O–H groups in total. The standard InChI is InChI=1S/C12H21N/c1-10(2)12(4-3-9-13)8-7-11-5-6-11/h10-12H,3-8H2,1-2H3. The Hall–Kier alpha value is -0.510. The largest absolute Gasteiger partial charge is 0.198 e. The highest BCUT2D eigenvalue weighted by Gasteiger charge is 2.23. The summed E-state index contributed by atoms with van der Waals surface area (Å²) in [5.74, 6) is 2.59. The molecule has 0 radical (unpaired) electrons. The summed E-state index contributed by atoms with van der Waals surface area (Å²) in [4.78, 5) is 0. The van der Waals surface area contributed by atoms with Crippen LogP contribution < -0.4 is 0 Å². The van der Waals surface area contributed by atoms with Gasteiger partial charge in [-0.2, -0.15) is 5.26 Å². The second-order valence-electron chi connectivity index (χ2n) is 4.72. The Kier molecular flexibility index (Phi) is 4.28. The molecule has 0 aromatic rings. The van der Waals surface area contributed by atoms with Crippen LogP contribution in [0.2, 0.25) is 0 Å². The minimum absolute atomic E-state index is 0.744. The number of nitrogens with zero attached hydrogens (tertiary/aromatic N) is 1. The number of nitriles is 1. The summed E-state index contributed by atoms with van der Waals surface area (Å²) in [5.41, 5.74) is 0. The molecular weight excluding hydrogens is 158 g/mol. The first kappa shape index (κ1) is 10.6. The third-order valence-electron chi connectivity index (χ3n) is 3.21. The molecule has 1 saturated carbocycles. The maximum atomic E-state index is 8.54. The molecule has 1 fully saturated rings. The molecule has 1 aliphatic carbocycles. The van der Waals surface area contributed by atoms with Crippen molar-refractivity contribution in [3.63, 3.8) is 0 Å². The smallest absolute Gasteiger partial charge is 0.0621 e. The average Bonchev–Trinajstić information content (AvgIpc) is 2.87. The minimum atomic E-state index is 0.744. The molecule has 1 unspecified atom stereocenters. The number of hydrogen-bond donors (Lipinski definition) is 0. The molecule has 1 aliphatic rings. The fraction of sp³-hybridized carbons (Fsp3) is 0.917. The van der Waals surface area contributed by atoms with Crippen molar-refractivity contribution in [1.29, 1.82) is 5.26 Å². The Morgan fingerprint density at radius 2 is 2.00 bits per heavy atom. The quantitative estimate of drug-likeness (QED) is 0.609. The van der Waals surface area contributed by atoms with Crippen LogP contribution in [0, 0.1) is 29.1 Å². The fourth-order valence-electron chi connectivity index (χ4n) is 1.92. The lowest BCUT2D eigenvalue weighted by Crippen LogP contribution is -2.08. The third-order valence-corrected chi connectivity index (χ3v) is 3.21. The summed E-state index contributed by atoms with van der Waals surface area (Å²) in [5, 5.41) is 8.54. The van der Waals surface area contributed by atoms with E-state index >= 15 is 0 Å². The van der Waals surface area contributed by atoms with E-state index in [4.69, 9.17) is 5.26 Å². The second-order valence-corrected chi connectivity index (χ2v) is 4.72. The zero-order valence-electron chi connectivity index (χ0n) is 8.92. The third kappa shape index (κ3) is 4.31. The van der Waals surface area contributed by atoms with Gasteiger partial charge >= 0.3 is 0 Å². The van der Waals surface area contributed by atoms with Gasteiger partial charge in [0.15, 0.2) is 0 Å². The van der Waals surface area contributed by atoms with Gasteiger partial charge in [-0.3, -0.25) is 0 Å². The van der Waals surface area contributed by atoms with Gasteiger partial charge in [0.2, 0.25) is 0 Å². The van der Waals surface area contributed by atoms with E-state index in [1.54, 1.807) is 0 Å². The summed E-state index contributed by atoms with van der Waals surface area (Å²) in [7, 11) is 0. The highest BCUT2D eigenvalue weighted by atomic mass is 14.3. The maximum Gasteiger partial charge on any atom is 0.0621 e. The molecule has 1 heteroatoms. The predicted octanol–water partition coefficient (Wildman–Crippen LogP) is 3.75. The van der Waals surface area contributed by atoms with E-state index in [0.29, 0.717) is 0 Å². The zero-order valence-corrected chi connectivity index (χ0v) is 8.92. The highest BCUT2D eigenvalue weighted by Crippen LogP contribution is 2.36. The lowest BCUT2D eigenvalue weighted by atomic mass is 9.86. The molecule has 0 aromatic carbocycles. The molecule has 0 amide bonds. The fourth-order valence-corrected chi connectivity index (χ4v) is 1.92. The molecule has 1 nitrogen and oxygen atoms in total. The van der Waals surface area contributed by atoms with E-state index in [1.165, 1.54) is 25.7 Å². The lowest BCUT2D eigenvalue weighted by Gasteiger charge is -2.19. The molecule has 13 heavy (non-hydrogen) atoms. The summed E-state index contributed by atoms with van der Waals surface area (Å²) in [6.45, 7) is 4.57. The molecule has 0 heterocycles. The lowest BCUT2D eigenvalue weighted by molar-refractivity contribution is 0.326. The van der Waals surface area contributed by atoms with Crippen LogP contribution in [0.4, 0.5) is 0 Å². The van der Waals surface area contributed by atoms with Crippen molar-refractivity contribution >= 4 is 0 Å². The van der Waals surface area contributed by atoms with Crippen LogP contribution in [0.3, 0.4) is 0 Å². The van der Waals surface area contributed by atoms with Crippen LogP contribution in [0.5, 0.6) is 0 Å². The van der Waals surface area contributed by atoms with E-state index < -0.39 is 0 Å². The van der Waals surface area contributed by atoms with Gasteiger partial charge in [-0.15, -0.1) is 0 Å². The van der Waals surface area contributed by atoms with Gasteiger partial charge in [-0.05, 0) is 30.6 Å². The van der Waals surface area contributed by atoms with Crippen molar-refractivity contribution in [2.24, 2.45) is 17.8 Å². The van der Waals surface area contributed by atoms with Crippen molar-refractivity contribution in [2.75, 3.05) is 0 Å². The number of rotatable bonds is 6. The van der Waals surface area contributed by atoms with E-state index in [9.17, 15) is 0 Å². The SMILES string of the molecule is CC(C)C(CCC#N)CCC1CC1. The van der Waals surface area contributed by atoms with E-state index in [1.807, 2.05) is 0 Å². The Morgan fingerprint density at radius 3 is 2.46 bits per heavy atom. The molecular formula is C12H21N. The summed E-state index contributed by atoms with van der Waals surface area (Å²) < 4.78 is 0. The van der Waals surface area contributed by atoms with Gasteiger partial charge in [-0.25, -0.2) is 0 Å². The monoisotopic (exact) mass is 179 g/mol. The Labute approximate surface area is 82.1 Å². The van der Waals surface area contributed by atoms with Crippen molar-refractivity contribution in [2.45, 2.75) is 52.4 Å². The molecule has 0 saturated heterocycles. The normalized spacial score (nSPS) is 18.6. The van der Waals surface area contributed by atoms with Gasteiger partial charge < -0.3 is 0 Å². The first-order valence-corrected chi connectivity index (χ1v) is 5.61. The van der Waals surface area contributed by atoms with Crippen molar-refractivity contribution in [3.8, 4) is 6.07 Å². The first-order chi connectivity index (χ1) is 6.24. The second kappa shape index (κ2) is 5.27. The van der Waals surface area contributed by atoms with Crippen molar-refractivity contribution in [3.05, 3.63) is 0 Å². The first-order valence-electron chi connectivity index (χ1n) is 5.61. The van der Waals surface area contributed by atoms with Crippen LogP contribution in [-0.4, -0.2) is 0 Å². The molecule has 1 rings (SSSR count). The highest BCUT2D eigenvalue weighted by molar-refractivity contribution is 4.78. The Bertz CT molecular complexity index is 174. The van der Waals surface area contributed by atoms with E-state index in [0.717, 1.165) is 30.6 Å². The van der Waals surface area contributed by atoms with Gasteiger partial charge in [-0.1, -0.05) is 33.1 Å². The van der Waals surface area contributed by atoms with Gasteiger partial charge in [0.1, 0.15) is 0 Å². The van der Waals surface area contributed by atoms with Crippen LogP contribution in [-0.2, 0) is 0 Å². The molecule has 74 valence electrons. The topological polar surface area (TPSA) is 23.8 Å². The van der Waals surface area contributed by atoms with Crippen molar-refractivity contribution in [1.82, 2.24) is 0 Å².